The lowest BCUT2D eigenvalue weighted by molar-refractivity contribution is -0.192. The summed E-state index contributed by atoms with van der Waals surface area (Å²) >= 11 is 0. The molecule has 5 rings (SSSR count). The van der Waals surface area contributed by atoms with Gasteiger partial charge in [0.05, 0.1) is 22.2 Å². The number of aryl methyl sites for hydroxylation is 1. The lowest BCUT2D eigenvalue weighted by atomic mass is 9.95. The minimum absolute atomic E-state index is 0.0398. The number of halogens is 7. The van der Waals surface area contributed by atoms with Crippen LogP contribution in [0.15, 0.2) is 66.7 Å². The van der Waals surface area contributed by atoms with Crippen LogP contribution in [-0.2, 0) is 17.9 Å². The summed E-state index contributed by atoms with van der Waals surface area (Å²) in [6.07, 6.45) is -5.08. The molecule has 4 aromatic carbocycles. The van der Waals surface area contributed by atoms with Crippen molar-refractivity contribution in [2.45, 2.75) is 26.2 Å². The highest BCUT2D eigenvalue weighted by Crippen LogP contribution is 2.38. The average molecular weight is 634 g/mol. The number of benzene rings is 4. The van der Waals surface area contributed by atoms with Crippen LogP contribution in [0, 0.1) is 30.2 Å². The summed E-state index contributed by atoms with van der Waals surface area (Å²) in [6, 6.07) is 17.9. The Kier molecular flexibility index (Phi) is 9.57. The van der Waals surface area contributed by atoms with Crippen molar-refractivity contribution in [1.29, 1.82) is 0 Å². The third-order valence-electron chi connectivity index (χ3n) is 6.47. The van der Waals surface area contributed by atoms with E-state index in [2.05, 4.69) is 15.3 Å². The minimum atomic E-state index is -5.08. The Morgan fingerprint density at radius 1 is 0.778 bits per heavy atom. The number of hydrogen-bond donors (Lipinski definition) is 4. The van der Waals surface area contributed by atoms with E-state index >= 15 is 17.6 Å². The SMILES string of the molecule is Cc1nc2c(C(=O)O)cc(-c3c(F)c(F)c(-c4ccc(CNCc5ccccc5)cc4)c(F)c3F)cc2[nH]1.O=C(O)C(F)(F)F. The monoisotopic (exact) mass is 633 g/mol. The predicted octanol–water partition coefficient (Wildman–Crippen LogP) is 7.38. The van der Waals surface area contributed by atoms with E-state index in [4.69, 9.17) is 9.90 Å². The van der Waals surface area contributed by atoms with Crippen LogP contribution in [0.1, 0.15) is 27.3 Å². The molecule has 0 unspecified atom stereocenters. The molecule has 0 spiro atoms. The summed E-state index contributed by atoms with van der Waals surface area (Å²) in [4.78, 5) is 27.5. The summed E-state index contributed by atoms with van der Waals surface area (Å²) in [6.45, 7) is 2.67. The first-order valence-corrected chi connectivity index (χ1v) is 12.9. The van der Waals surface area contributed by atoms with Crippen LogP contribution in [0.3, 0.4) is 0 Å². The van der Waals surface area contributed by atoms with Crippen molar-refractivity contribution in [1.82, 2.24) is 15.3 Å². The third-order valence-corrected chi connectivity index (χ3v) is 6.47. The van der Waals surface area contributed by atoms with Crippen LogP contribution in [0.25, 0.3) is 33.3 Å². The summed E-state index contributed by atoms with van der Waals surface area (Å²) in [5.41, 5.74) is -0.439. The van der Waals surface area contributed by atoms with Crippen molar-refractivity contribution in [2.24, 2.45) is 0 Å². The van der Waals surface area contributed by atoms with Crippen LogP contribution in [0.5, 0.6) is 0 Å². The van der Waals surface area contributed by atoms with Gasteiger partial charge >= 0.3 is 18.1 Å². The molecule has 5 aromatic rings. The molecular weight excluding hydrogens is 611 g/mol. The number of hydrogen-bond acceptors (Lipinski definition) is 4. The smallest absolute Gasteiger partial charge is 0.478 e. The highest BCUT2D eigenvalue weighted by atomic mass is 19.4. The lowest BCUT2D eigenvalue weighted by Gasteiger charge is -2.14. The van der Waals surface area contributed by atoms with E-state index in [1.807, 2.05) is 30.3 Å². The van der Waals surface area contributed by atoms with Crippen LogP contribution in [-0.4, -0.2) is 38.3 Å². The maximum absolute atomic E-state index is 15.3. The van der Waals surface area contributed by atoms with Gasteiger partial charge in [-0.1, -0.05) is 54.6 Å². The number of carbonyl (C=O) groups is 2. The molecular formula is C31H22F7N3O4. The second kappa shape index (κ2) is 13.2. The van der Waals surface area contributed by atoms with Gasteiger partial charge in [-0.25, -0.2) is 32.1 Å². The van der Waals surface area contributed by atoms with E-state index in [1.54, 1.807) is 19.1 Å². The zero-order valence-corrected chi connectivity index (χ0v) is 23.1. The number of aromatic amines is 1. The maximum Gasteiger partial charge on any atom is 0.490 e. The van der Waals surface area contributed by atoms with Gasteiger partial charge in [0.25, 0.3) is 0 Å². The summed E-state index contributed by atoms with van der Waals surface area (Å²) in [7, 11) is 0. The predicted molar refractivity (Wildman–Crippen MR) is 149 cm³/mol. The molecule has 7 nitrogen and oxygen atoms in total. The van der Waals surface area contributed by atoms with Crippen LogP contribution < -0.4 is 5.32 Å². The number of nitrogens with one attached hydrogen (secondary N) is 2. The number of fused-ring (bicyclic) bond motifs is 1. The van der Waals surface area contributed by atoms with Gasteiger partial charge in [-0.05, 0) is 41.3 Å². The number of aromatic nitrogens is 2. The normalized spacial score (nSPS) is 11.3. The summed E-state index contributed by atoms with van der Waals surface area (Å²) in [5.74, 6) is -10.2. The molecule has 45 heavy (non-hydrogen) atoms. The molecule has 0 amide bonds. The van der Waals surface area contributed by atoms with E-state index in [9.17, 15) is 23.1 Å². The van der Waals surface area contributed by atoms with Crippen molar-refractivity contribution >= 4 is 23.0 Å². The second-order valence-electron chi connectivity index (χ2n) is 9.64. The number of aromatic carboxylic acids is 1. The fraction of sp³-hybridized carbons (Fsp3) is 0.129. The topological polar surface area (TPSA) is 115 Å². The van der Waals surface area contributed by atoms with Crippen LogP contribution in [0.2, 0.25) is 0 Å². The first kappa shape index (κ1) is 32.7. The maximum atomic E-state index is 15.3. The van der Waals surface area contributed by atoms with E-state index in [0.29, 0.717) is 18.9 Å². The molecule has 4 N–H and O–H groups in total. The van der Waals surface area contributed by atoms with Gasteiger partial charge < -0.3 is 20.5 Å². The quantitative estimate of drug-likeness (QED) is 0.110. The Hall–Kier alpha value is -5.24. The highest BCUT2D eigenvalue weighted by molar-refractivity contribution is 6.03. The van der Waals surface area contributed by atoms with Crippen LogP contribution >= 0.6 is 0 Å². The molecule has 14 heteroatoms. The molecule has 0 atom stereocenters. The Bertz CT molecular complexity index is 1840. The number of carboxylic acid groups (broad SMARTS) is 2. The van der Waals surface area contributed by atoms with Gasteiger partial charge in [0.2, 0.25) is 0 Å². The number of imidazole rings is 1. The molecule has 0 aliphatic heterocycles. The van der Waals surface area contributed by atoms with Gasteiger partial charge in [0.15, 0.2) is 23.3 Å². The Morgan fingerprint density at radius 2 is 1.27 bits per heavy atom. The molecule has 0 saturated carbocycles. The van der Waals surface area contributed by atoms with Gasteiger partial charge in [-0.3, -0.25) is 0 Å². The highest BCUT2D eigenvalue weighted by Gasteiger charge is 2.38. The van der Waals surface area contributed by atoms with Crippen molar-refractivity contribution < 1.29 is 50.5 Å². The molecule has 234 valence electrons. The van der Waals surface area contributed by atoms with Gasteiger partial charge in [0.1, 0.15) is 11.3 Å². The van der Waals surface area contributed by atoms with Crippen molar-refractivity contribution in [2.75, 3.05) is 0 Å². The molecule has 0 fully saturated rings. The zero-order chi connectivity index (χ0) is 33.1. The Morgan fingerprint density at radius 3 is 1.76 bits per heavy atom. The molecule has 0 aliphatic rings. The molecule has 0 aliphatic carbocycles. The minimum Gasteiger partial charge on any atom is -0.478 e. The number of H-pyrrole nitrogens is 1. The Balaban J connectivity index is 0.000000591. The average Bonchev–Trinajstić information content (AvgIpc) is 3.37. The summed E-state index contributed by atoms with van der Waals surface area (Å²) < 4.78 is 92.7. The van der Waals surface area contributed by atoms with Gasteiger partial charge in [-0.15, -0.1) is 0 Å². The van der Waals surface area contributed by atoms with Crippen molar-refractivity contribution in [3.8, 4) is 22.3 Å². The first-order chi connectivity index (χ1) is 21.2. The second-order valence-corrected chi connectivity index (χ2v) is 9.64. The molecule has 0 radical (unpaired) electrons. The van der Waals surface area contributed by atoms with Gasteiger partial charge in [0, 0.05) is 13.1 Å². The Labute approximate surface area is 250 Å². The molecule has 1 aromatic heterocycles. The van der Waals surface area contributed by atoms with Gasteiger partial charge in [-0.2, -0.15) is 13.2 Å². The standard InChI is InChI=1S/C29H21F4N3O2.C2HF3O2/c1-15-35-21-12-19(11-20(29(37)38)28(21)36-15)23-26(32)24(30)22(25(31)27(23)33)18-9-7-17(8-10-18)14-34-13-16-5-3-2-4-6-16;3-2(4,5)1(6)7/h2-12,34H,13-14H2,1H3,(H,35,36)(H,37,38);(H,6,7). The molecule has 0 bridgehead atoms. The zero-order valence-electron chi connectivity index (χ0n) is 23.1. The number of aliphatic carboxylic acids is 1. The summed E-state index contributed by atoms with van der Waals surface area (Å²) in [5, 5.41) is 19.9. The van der Waals surface area contributed by atoms with Crippen LogP contribution in [0.4, 0.5) is 30.7 Å². The van der Waals surface area contributed by atoms with Crippen molar-refractivity contribution in [3.63, 3.8) is 0 Å². The number of rotatable bonds is 7. The molecule has 0 saturated heterocycles. The molecule has 1 heterocycles. The number of nitrogens with zero attached hydrogens (tertiary/aromatic N) is 1. The van der Waals surface area contributed by atoms with Crippen molar-refractivity contribution in [3.05, 3.63) is 113 Å². The largest absolute Gasteiger partial charge is 0.490 e. The first-order valence-electron chi connectivity index (χ1n) is 12.9. The van der Waals surface area contributed by atoms with E-state index in [-0.39, 0.29) is 27.7 Å². The number of carboxylic acids is 2. The fourth-order valence-electron chi connectivity index (χ4n) is 4.42. The fourth-order valence-corrected chi connectivity index (χ4v) is 4.42. The van der Waals surface area contributed by atoms with E-state index in [0.717, 1.165) is 17.2 Å². The number of alkyl halides is 3. The van der Waals surface area contributed by atoms with E-state index < -0.39 is 52.5 Å². The van der Waals surface area contributed by atoms with E-state index in [1.165, 1.54) is 18.2 Å². The third kappa shape index (κ3) is 7.29. The lowest BCUT2D eigenvalue weighted by Crippen LogP contribution is -2.21.